The number of nitrogen functional groups attached to an aromatic ring is 1. The van der Waals surface area contributed by atoms with Crippen molar-refractivity contribution in [2.45, 2.75) is 37.8 Å². The Morgan fingerprint density at radius 1 is 1.41 bits per heavy atom. The lowest BCUT2D eigenvalue weighted by Gasteiger charge is -2.33. The highest BCUT2D eigenvalue weighted by Gasteiger charge is 2.27. The van der Waals surface area contributed by atoms with Crippen molar-refractivity contribution in [1.82, 2.24) is 10.2 Å². The summed E-state index contributed by atoms with van der Waals surface area (Å²) >= 11 is 0. The van der Waals surface area contributed by atoms with Crippen molar-refractivity contribution in [2.24, 2.45) is 0 Å². The van der Waals surface area contributed by atoms with E-state index in [0.717, 1.165) is 51.9 Å². The Morgan fingerprint density at radius 3 is 2.74 bits per heavy atom. The van der Waals surface area contributed by atoms with Gasteiger partial charge in [-0.2, -0.15) is 0 Å². The average molecular weight is 378 g/mol. The van der Waals surface area contributed by atoms with E-state index in [2.05, 4.69) is 10.2 Å². The zero-order valence-electron chi connectivity index (χ0n) is 15.5. The van der Waals surface area contributed by atoms with E-state index in [0.29, 0.717) is 6.10 Å². The summed E-state index contributed by atoms with van der Waals surface area (Å²) in [7, 11) is 1.40. The minimum Gasteiger partial charge on any atom is -0.496 e. The minimum absolute atomic E-state index is 0.0274. The van der Waals surface area contributed by atoms with E-state index < -0.39 is 4.92 Å². The van der Waals surface area contributed by atoms with Gasteiger partial charge in [0, 0.05) is 44.4 Å². The Hall–Kier alpha value is -2.39. The maximum Gasteiger partial charge on any atom is 0.293 e. The van der Waals surface area contributed by atoms with Crippen molar-refractivity contribution in [3.8, 4) is 5.75 Å². The molecule has 2 saturated heterocycles. The molecule has 3 rings (SSSR count). The molecule has 1 aromatic carbocycles. The van der Waals surface area contributed by atoms with Crippen LogP contribution in [0, 0.1) is 10.1 Å². The van der Waals surface area contributed by atoms with E-state index in [4.69, 9.17) is 15.2 Å². The molecule has 0 spiro atoms. The fourth-order valence-electron chi connectivity index (χ4n) is 3.69. The van der Waals surface area contributed by atoms with E-state index in [9.17, 15) is 14.9 Å². The third kappa shape index (κ3) is 4.67. The number of nitrogens with two attached hydrogens (primary N) is 1. The third-order valence-electron chi connectivity index (χ3n) is 5.20. The Labute approximate surface area is 157 Å². The predicted molar refractivity (Wildman–Crippen MR) is 100.0 cm³/mol. The Bertz CT molecular complexity index is 697. The fourth-order valence-corrected chi connectivity index (χ4v) is 3.69. The Morgan fingerprint density at radius 2 is 2.15 bits per heavy atom. The van der Waals surface area contributed by atoms with E-state index in [-0.39, 0.29) is 34.6 Å². The molecule has 0 aromatic heterocycles. The van der Waals surface area contributed by atoms with Crippen molar-refractivity contribution in [3.63, 3.8) is 0 Å². The summed E-state index contributed by atoms with van der Waals surface area (Å²) in [5.41, 5.74) is 5.46. The zero-order valence-corrected chi connectivity index (χ0v) is 15.5. The van der Waals surface area contributed by atoms with Gasteiger partial charge in [-0.3, -0.25) is 14.9 Å². The monoisotopic (exact) mass is 378 g/mol. The molecule has 1 aromatic rings. The summed E-state index contributed by atoms with van der Waals surface area (Å²) < 4.78 is 10.9. The van der Waals surface area contributed by atoms with Crippen molar-refractivity contribution in [3.05, 3.63) is 27.8 Å². The number of hydrogen-bond acceptors (Lipinski definition) is 7. The van der Waals surface area contributed by atoms with Gasteiger partial charge in [0.25, 0.3) is 11.6 Å². The topological polar surface area (TPSA) is 120 Å². The number of hydrogen-bond donors (Lipinski definition) is 2. The molecular formula is C18H26N4O5. The number of rotatable bonds is 6. The minimum atomic E-state index is -0.602. The second kappa shape index (κ2) is 8.53. The van der Waals surface area contributed by atoms with Gasteiger partial charge in [0.15, 0.2) is 0 Å². The number of piperidine rings is 1. The van der Waals surface area contributed by atoms with Crippen LogP contribution in [0.2, 0.25) is 0 Å². The van der Waals surface area contributed by atoms with Gasteiger partial charge in [-0.15, -0.1) is 0 Å². The molecule has 2 fully saturated rings. The lowest BCUT2D eigenvalue weighted by Crippen LogP contribution is -2.46. The van der Waals surface area contributed by atoms with E-state index >= 15 is 0 Å². The first kappa shape index (κ1) is 19.4. The molecule has 9 nitrogen and oxygen atoms in total. The first-order valence-electron chi connectivity index (χ1n) is 9.24. The highest BCUT2D eigenvalue weighted by Crippen LogP contribution is 2.30. The summed E-state index contributed by atoms with van der Waals surface area (Å²) in [6.07, 6.45) is 4.24. The van der Waals surface area contributed by atoms with Crippen molar-refractivity contribution >= 4 is 17.3 Å². The highest BCUT2D eigenvalue weighted by molar-refractivity contribution is 5.98. The number of anilines is 1. The molecule has 0 saturated carbocycles. The molecule has 2 aliphatic heterocycles. The maximum absolute atomic E-state index is 12.7. The van der Waals surface area contributed by atoms with E-state index in [1.807, 2.05) is 0 Å². The molecule has 0 unspecified atom stereocenters. The van der Waals surface area contributed by atoms with Gasteiger partial charge >= 0.3 is 0 Å². The van der Waals surface area contributed by atoms with Gasteiger partial charge < -0.3 is 25.4 Å². The predicted octanol–water partition coefficient (Wildman–Crippen LogP) is 1.56. The van der Waals surface area contributed by atoms with Gasteiger partial charge in [0.05, 0.1) is 23.7 Å². The van der Waals surface area contributed by atoms with Crippen LogP contribution in [-0.4, -0.2) is 61.2 Å². The van der Waals surface area contributed by atoms with Crippen LogP contribution >= 0.6 is 0 Å². The number of amides is 1. The summed E-state index contributed by atoms with van der Waals surface area (Å²) in [6.45, 7) is 3.58. The molecule has 27 heavy (non-hydrogen) atoms. The van der Waals surface area contributed by atoms with Crippen LogP contribution in [0.4, 0.5) is 11.4 Å². The van der Waals surface area contributed by atoms with Crippen LogP contribution in [0.5, 0.6) is 5.75 Å². The molecule has 3 N–H and O–H groups in total. The van der Waals surface area contributed by atoms with E-state index in [1.54, 1.807) is 0 Å². The number of nitrogens with one attached hydrogen (secondary N) is 1. The second-order valence-electron chi connectivity index (χ2n) is 7.05. The number of nitro groups is 1. The largest absolute Gasteiger partial charge is 0.496 e. The summed E-state index contributed by atoms with van der Waals surface area (Å²) in [6, 6.07) is 2.52. The lowest BCUT2D eigenvalue weighted by atomic mass is 10.0. The second-order valence-corrected chi connectivity index (χ2v) is 7.05. The van der Waals surface area contributed by atoms with Crippen LogP contribution < -0.4 is 15.8 Å². The molecule has 0 aliphatic carbocycles. The van der Waals surface area contributed by atoms with Crippen molar-refractivity contribution in [2.75, 3.05) is 39.1 Å². The molecular weight excluding hydrogens is 352 g/mol. The third-order valence-corrected chi connectivity index (χ3v) is 5.20. The summed E-state index contributed by atoms with van der Waals surface area (Å²) in [4.78, 5) is 25.5. The number of benzene rings is 1. The molecule has 1 amide bonds. The molecule has 9 heteroatoms. The molecule has 1 atom stereocenters. The molecule has 0 bridgehead atoms. The number of nitrogens with zero attached hydrogens (tertiary/aromatic N) is 2. The van der Waals surface area contributed by atoms with Crippen molar-refractivity contribution in [1.29, 1.82) is 0 Å². The lowest BCUT2D eigenvalue weighted by molar-refractivity contribution is -0.383. The maximum atomic E-state index is 12.7. The van der Waals surface area contributed by atoms with Gasteiger partial charge in [-0.25, -0.2) is 0 Å². The van der Waals surface area contributed by atoms with Gasteiger partial charge in [0.2, 0.25) is 0 Å². The smallest absolute Gasteiger partial charge is 0.293 e. The Kier molecular flexibility index (Phi) is 6.12. The number of nitro benzene ring substituents is 1. The summed E-state index contributed by atoms with van der Waals surface area (Å²) in [5, 5.41) is 14.1. The normalized spacial score (nSPS) is 21.1. The van der Waals surface area contributed by atoms with Gasteiger partial charge in [-0.05, 0) is 25.7 Å². The van der Waals surface area contributed by atoms with E-state index in [1.165, 1.54) is 19.2 Å². The van der Waals surface area contributed by atoms with Crippen LogP contribution in [0.15, 0.2) is 12.1 Å². The van der Waals surface area contributed by atoms with Crippen LogP contribution in [0.3, 0.4) is 0 Å². The number of carbonyl (C=O) groups excluding carboxylic acids is 1. The molecule has 0 radical (unpaired) electrons. The van der Waals surface area contributed by atoms with Crippen molar-refractivity contribution < 1.29 is 19.2 Å². The number of ether oxygens (including phenoxy) is 2. The average Bonchev–Trinajstić information content (AvgIpc) is 3.15. The number of likely N-dealkylation sites (tertiary alicyclic amines) is 1. The van der Waals surface area contributed by atoms with Crippen LogP contribution in [0.1, 0.15) is 36.0 Å². The van der Waals surface area contributed by atoms with Crippen LogP contribution in [-0.2, 0) is 4.74 Å². The van der Waals surface area contributed by atoms with Gasteiger partial charge in [-0.1, -0.05) is 0 Å². The standard InChI is InChI=1S/C18H26N4O5/c1-26-17-10-15(19)16(22(24)25)9-14(17)18(23)20-12-4-6-21(7-5-12)11-13-3-2-8-27-13/h9-10,12-13H,2-8,11,19H2,1H3,(H,20,23)/t13-/m0/s1. The highest BCUT2D eigenvalue weighted by atomic mass is 16.6. The van der Waals surface area contributed by atoms with Crippen LogP contribution in [0.25, 0.3) is 0 Å². The Balaban J connectivity index is 1.59. The zero-order chi connectivity index (χ0) is 19.4. The molecule has 2 aliphatic rings. The summed E-state index contributed by atoms with van der Waals surface area (Å²) in [5.74, 6) is -0.154. The van der Waals surface area contributed by atoms with Gasteiger partial charge in [0.1, 0.15) is 11.4 Å². The SMILES string of the molecule is COc1cc(N)c([N+](=O)[O-])cc1C(=O)NC1CCN(C[C@@H]2CCCO2)CC1. The fraction of sp³-hybridized carbons (Fsp3) is 0.611. The number of carbonyl (C=O) groups is 1. The number of methoxy groups -OCH3 is 1. The first-order valence-corrected chi connectivity index (χ1v) is 9.24. The molecule has 148 valence electrons. The quantitative estimate of drug-likeness (QED) is 0.438. The molecule has 2 heterocycles. The first-order chi connectivity index (χ1) is 13.0.